The third-order valence-corrected chi connectivity index (χ3v) is 4.45. The summed E-state index contributed by atoms with van der Waals surface area (Å²) in [6.45, 7) is 8.82. The summed E-state index contributed by atoms with van der Waals surface area (Å²) in [5.74, 6) is 0.504. The maximum absolute atomic E-state index is 12.0. The molecule has 0 bridgehead atoms. The molecule has 0 aromatic heterocycles. The van der Waals surface area contributed by atoms with E-state index in [1.807, 2.05) is 19.9 Å². The Bertz CT molecular complexity index is 475. The molecule has 0 aliphatic carbocycles. The fourth-order valence-corrected chi connectivity index (χ4v) is 2.92. The highest BCUT2D eigenvalue weighted by Gasteiger charge is 2.31. The van der Waals surface area contributed by atoms with Crippen molar-refractivity contribution in [2.45, 2.75) is 45.9 Å². The number of aliphatic hydroxyl groups is 1. The molecule has 4 heteroatoms. The molecule has 22 heavy (non-hydrogen) atoms. The van der Waals surface area contributed by atoms with Gasteiger partial charge in [0.25, 0.3) is 0 Å². The van der Waals surface area contributed by atoms with Crippen molar-refractivity contribution in [3.05, 3.63) is 35.9 Å². The number of nitrogens with one attached hydrogen (secondary N) is 1. The normalized spacial score (nSPS) is 23.7. The third-order valence-electron chi connectivity index (χ3n) is 4.45. The van der Waals surface area contributed by atoms with E-state index in [2.05, 4.69) is 41.4 Å². The van der Waals surface area contributed by atoms with Gasteiger partial charge in [-0.05, 0) is 17.4 Å². The number of benzene rings is 1. The van der Waals surface area contributed by atoms with Crippen LogP contribution in [0, 0.1) is 11.8 Å². The van der Waals surface area contributed by atoms with E-state index in [0.717, 1.165) is 19.6 Å². The molecule has 1 aliphatic rings. The molecule has 1 aromatic carbocycles. The summed E-state index contributed by atoms with van der Waals surface area (Å²) in [5.41, 5.74) is 1.30. The molecule has 1 aliphatic heterocycles. The van der Waals surface area contributed by atoms with Gasteiger partial charge in [-0.15, -0.1) is 0 Å². The molecule has 1 heterocycles. The molecule has 1 aromatic rings. The zero-order valence-electron chi connectivity index (χ0n) is 13.8. The predicted octanol–water partition coefficient (Wildman–Crippen LogP) is 2.03. The Balaban J connectivity index is 1.82. The van der Waals surface area contributed by atoms with Crippen molar-refractivity contribution in [1.82, 2.24) is 10.2 Å². The minimum absolute atomic E-state index is 0.0420. The van der Waals surface area contributed by atoms with Crippen LogP contribution in [0.4, 0.5) is 0 Å². The molecular formula is C18H28N2O2. The van der Waals surface area contributed by atoms with Crippen molar-refractivity contribution in [3.63, 3.8) is 0 Å². The van der Waals surface area contributed by atoms with E-state index in [1.165, 1.54) is 5.56 Å². The van der Waals surface area contributed by atoms with Gasteiger partial charge < -0.3 is 10.4 Å². The number of carbonyl (C=O) groups excluding carboxylic acids is 1. The second-order valence-electron chi connectivity index (χ2n) is 6.85. The first-order valence-electron chi connectivity index (χ1n) is 8.19. The number of carbonyl (C=O) groups is 1. The molecule has 4 nitrogen and oxygen atoms in total. The van der Waals surface area contributed by atoms with Crippen LogP contribution in [-0.4, -0.2) is 41.1 Å². The van der Waals surface area contributed by atoms with Crippen molar-refractivity contribution in [1.29, 1.82) is 0 Å². The van der Waals surface area contributed by atoms with Crippen LogP contribution in [0.5, 0.6) is 0 Å². The molecule has 2 rings (SSSR count). The fraction of sp³-hybridized carbons (Fsp3) is 0.611. The van der Waals surface area contributed by atoms with Gasteiger partial charge in [0.2, 0.25) is 5.91 Å². The largest absolute Gasteiger partial charge is 0.392 e. The average molecular weight is 304 g/mol. The second-order valence-corrected chi connectivity index (χ2v) is 6.85. The molecule has 1 fully saturated rings. The third kappa shape index (κ3) is 4.82. The van der Waals surface area contributed by atoms with Gasteiger partial charge in [0, 0.05) is 25.7 Å². The maximum atomic E-state index is 12.0. The maximum Gasteiger partial charge on any atom is 0.222 e. The topological polar surface area (TPSA) is 52.6 Å². The van der Waals surface area contributed by atoms with E-state index in [1.54, 1.807) is 0 Å². The van der Waals surface area contributed by atoms with Crippen LogP contribution in [0.2, 0.25) is 0 Å². The first-order chi connectivity index (χ1) is 10.5. The highest BCUT2D eigenvalue weighted by molar-refractivity contribution is 5.76. The van der Waals surface area contributed by atoms with Gasteiger partial charge in [0.1, 0.15) is 0 Å². The standard InChI is InChI=1S/C18H28N2O2/c1-13(2)17(21)9-18(22)19-16-12-20(10-14(16)3)11-15-7-5-4-6-8-15/h4-8,13-14,16-17,21H,9-12H2,1-3H3,(H,19,22)/t14-,16-,17+/m0/s1. The Hall–Kier alpha value is -1.39. The minimum Gasteiger partial charge on any atom is -0.392 e. The minimum atomic E-state index is -0.558. The summed E-state index contributed by atoms with van der Waals surface area (Å²) in [5, 5.41) is 12.9. The molecule has 1 saturated heterocycles. The Morgan fingerprint density at radius 1 is 1.32 bits per heavy atom. The van der Waals surface area contributed by atoms with Gasteiger partial charge in [-0.25, -0.2) is 0 Å². The van der Waals surface area contributed by atoms with Crippen LogP contribution in [0.1, 0.15) is 32.8 Å². The van der Waals surface area contributed by atoms with Crippen LogP contribution >= 0.6 is 0 Å². The molecule has 0 unspecified atom stereocenters. The quantitative estimate of drug-likeness (QED) is 0.845. The highest BCUT2D eigenvalue weighted by Crippen LogP contribution is 2.19. The molecule has 0 saturated carbocycles. The molecular weight excluding hydrogens is 276 g/mol. The lowest BCUT2D eigenvalue weighted by Crippen LogP contribution is -2.41. The molecule has 1 amide bonds. The van der Waals surface area contributed by atoms with E-state index in [9.17, 15) is 9.90 Å². The van der Waals surface area contributed by atoms with Crippen LogP contribution in [0.15, 0.2) is 30.3 Å². The summed E-state index contributed by atoms with van der Waals surface area (Å²) in [7, 11) is 0. The highest BCUT2D eigenvalue weighted by atomic mass is 16.3. The summed E-state index contributed by atoms with van der Waals surface area (Å²) in [6.07, 6.45) is -0.364. The summed E-state index contributed by atoms with van der Waals surface area (Å²) in [6, 6.07) is 10.6. The zero-order chi connectivity index (χ0) is 16.1. The van der Waals surface area contributed by atoms with E-state index in [4.69, 9.17) is 0 Å². The molecule has 0 spiro atoms. The van der Waals surface area contributed by atoms with Crippen molar-refractivity contribution in [2.75, 3.05) is 13.1 Å². The predicted molar refractivity (Wildman–Crippen MR) is 88.3 cm³/mol. The first kappa shape index (κ1) is 17.0. The Morgan fingerprint density at radius 2 is 2.00 bits per heavy atom. The van der Waals surface area contributed by atoms with Crippen LogP contribution in [-0.2, 0) is 11.3 Å². The Labute approximate surface area is 133 Å². The van der Waals surface area contributed by atoms with Gasteiger partial charge in [0.05, 0.1) is 12.5 Å². The van der Waals surface area contributed by atoms with Crippen molar-refractivity contribution in [3.8, 4) is 0 Å². The Morgan fingerprint density at radius 3 is 2.64 bits per heavy atom. The molecule has 0 radical (unpaired) electrons. The van der Waals surface area contributed by atoms with Gasteiger partial charge in [-0.1, -0.05) is 51.1 Å². The smallest absolute Gasteiger partial charge is 0.222 e. The molecule has 2 N–H and O–H groups in total. The van der Waals surface area contributed by atoms with E-state index in [0.29, 0.717) is 5.92 Å². The molecule has 3 atom stereocenters. The number of amides is 1. The number of hydrogen-bond acceptors (Lipinski definition) is 3. The summed E-state index contributed by atoms with van der Waals surface area (Å²) < 4.78 is 0. The van der Waals surface area contributed by atoms with Crippen molar-refractivity contribution < 1.29 is 9.90 Å². The Kier molecular flexibility index (Phi) is 5.98. The van der Waals surface area contributed by atoms with E-state index in [-0.39, 0.29) is 24.3 Å². The first-order valence-corrected chi connectivity index (χ1v) is 8.19. The summed E-state index contributed by atoms with van der Waals surface area (Å²) >= 11 is 0. The monoisotopic (exact) mass is 304 g/mol. The zero-order valence-corrected chi connectivity index (χ0v) is 13.8. The fourth-order valence-electron chi connectivity index (χ4n) is 2.92. The van der Waals surface area contributed by atoms with E-state index < -0.39 is 6.10 Å². The van der Waals surface area contributed by atoms with Crippen LogP contribution in [0.3, 0.4) is 0 Å². The number of hydrogen-bond donors (Lipinski definition) is 2. The van der Waals surface area contributed by atoms with Crippen LogP contribution < -0.4 is 5.32 Å². The molecule has 122 valence electrons. The lowest BCUT2D eigenvalue weighted by Gasteiger charge is -2.19. The van der Waals surface area contributed by atoms with Gasteiger partial charge >= 0.3 is 0 Å². The number of nitrogens with zero attached hydrogens (tertiary/aromatic N) is 1. The lowest BCUT2D eigenvalue weighted by molar-refractivity contribution is -0.124. The SMILES string of the molecule is CC(C)[C@H](O)CC(=O)N[C@H]1CN(Cc2ccccc2)C[C@@H]1C. The number of aliphatic hydroxyl groups excluding tert-OH is 1. The lowest BCUT2D eigenvalue weighted by atomic mass is 10.0. The number of rotatable bonds is 6. The van der Waals surface area contributed by atoms with Crippen LogP contribution in [0.25, 0.3) is 0 Å². The van der Waals surface area contributed by atoms with Gasteiger partial charge in [-0.3, -0.25) is 9.69 Å². The number of likely N-dealkylation sites (tertiary alicyclic amines) is 1. The van der Waals surface area contributed by atoms with Gasteiger partial charge in [0.15, 0.2) is 0 Å². The van der Waals surface area contributed by atoms with Crippen molar-refractivity contribution in [2.24, 2.45) is 11.8 Å². The van der Waals surface area contributed by atoms with E-state index >= 15 is 0 Å². The second kappa shape index (κ2) is 7.75. The van der Waals surface area contributed by atoms with Gasteiger partial charge in [-0.2, -0.15) is 0 Å². The average Bonchev–Trinajstić information content (AvgIpc) is 2.79. The van der Waals surface area contributed by atoms with Crippen molar-refractivity contribution >= 4 is 5.91 Å². The summed E-state index contributed by atoms with van der Waals surface area (Å²) in [4.78, 5) is 14.4.